The molecule has 0 spiro atoms. The first kappa shape index (κ1) is 18.0. The van der Waals surface area contributed by atoms with Crippen molar-refractivity contribution in [2.45, 2.75) is 31.6 Å². The summed E-state index contributed by atoms with van der Waals surface area (Å²) in [6, 6.07) is 13.1. The van der Waals surface area contributed by atoms with Gasteiger partial charge in [0.1, 0.15) is 0 Å². The molecule has 6 heteroatoms. The van der Waals surface area contributed by atoms with Gasteiger partial charge in [-0.15, -0.1) is 0 Å². The third-order valence-electron chi connectivity index (χ3n) is 3.72. The molecule has 1 amide bonds. The average Bonchev–Trinajstić information content (AvgIpc) is 2.54. The van der Waals surface area contributed by atoms with Crippen LogP contribution in [0.5, 0.6) is 0 Å². The van der Waals surface area contributed by atoms with E-state index in [1.165, 1.54) is 6.07 Å². The molecule has 3 nitrogen and oxygen atoms in total. The predicted octanol–water partition coefficient (Wildman–Crippen LogP) is 3.97. The molecule has 0 aromatic heterocycles. The highest BCUT2D eigenvalue weighted by molar-refractivity contribution is 5.77. The summed E-state index contributed by atoms with van der Waals surface area (Å²) in [4.78, 5) is 12.1. The highest BCUT2D eigenvalue weighted by atomic mass is 19.4. The molecule has 2 atom stereocenters. The quantitative estimate of drug-likeness (QED) is 0.868. The van der Waals surface area contributed by atoms with Gasteiger partial charge in [-0.25, -0.2) is 0 Å². The first-order valence-electron chi connectivity index (χ1n) is 7.54. The highest BCUT2D eigenvalue weighted by Gasteiger charge is 2.30. The summed E-state index contributed by atoms with van der Waals surface area (Å²) in [5.74, 6) is -0.309. The van der Waals surface area contributed by atoms with Crippen molar-refractivity contribution in [3.8, 4) is 0 Å². The number of hydrogen-bond donors (Lipinski definition) is 2. The Morgan fingerprint density at radius 2 is 1.71 bits per heavy atom. The van der Waals surface area contributed by atoms with E-state index >= 15 is 0 Å². The molecule has 0 aliphatic heterocycles. The Labute approximate surface area is 138 Å². The van der Waals surface area contributed by atoms with Gasteiger partial charge in [0.05, 0.1) is 11.6 Å². The lowest BCUT2D eigenvalue weighted by Crippen LogP contribution is -2.30. The predicted molar refractivity (Wildman–Crippen MR) is 86.0 cm³/mol. The van der Waals surface area contributed by atoms with Crippen LogP contribution in [0.3, 0.4) is 0 Å². The Hall–Kier alpha value is -2.34. The molecule has 2 rings (SSSR count). The third kappa shape index (κ3) is 4.83. The van der Waals surface area contributed by atoms with Crippen LogP contribution in [0.4, 0.5) is 13.2 Å². The molecule has 0 aliphatic carbocycles. The van der Waals surface area contributed by atoms with Crippen molar-refractivity contribution < 1.29 is 18.0 Å². The third-order valence-corrected chi connectivity index (χ3v) is 3.72. The van der Waals surface area contributed by atoms with Crippen LogP contribution in [0.1, 0.15) is 42.1 Å². The number of rotatable bonds is 5. The SMILES string of the molecule is CC(NC(=O)CC(N)c1ccccc1)c1cccc(C(F)(F)F)c1. The number of nitrogens with two attached hydrogens (primary N) is 1. The number of hydrogen-bond acceptors (Lipinski definition) is 2. The summed E-state index contributed by atoms with van der Waals surface area (Å²) in [5.41, 5.74) is 6.48. The minimum Gasteiger partial charge on any atom is -0.350 e. The lowest BCUT2D eigenvalue weighted by Gasteiger charge is -2.18. The molecule has 2 aromatic carbocycles. The molecule has 0 aliphatic rings. The molecule has 0 heterocycles. The van der Waals surface area contributed by atoms with Crippen molar-refractivity contribution in [2.75, 3.05) is 0 Å². The summed E-state index contributed by atoms with van der Waals surface area (Å²) in [7, 11) is 0. The van der Waals surface area contributed by atoms with Crippen LogP contribution >= 0.6 is 0 Å². The summed E-state index contributed by atoms with van der Waals surface area (Å²) in [5, 5.41) is 2.69. The molecule has 128 valence electrons. The van der Waals surface area contributed by atoms with E-state index in [0.29, 0.717) is 5.56 Å². The first-order chi connectivity index (χ1) is 11.3. The highest BCUT2D eigenvalue weighted by Crippen LogP contribution is 2.30. The smallest absolute Gasteiger partial charge is 0.350 e. The van der Waals surface area contributed by atoms with Crippen LogP contribution in [0.15, 0.2) is 54.6 Å². The van der Waals surface area contributed by atoms with Crippen molar-refractivity contribution in [3.63, 3.8) is 0 Å². The molecule has 0 bridgehead atoms. The van der Waals surface area contributed by atoms with Gasteiger partial charge in [-0.1, -0.05) is 42.5 Å². The second kappa shape index (κ2) is 7.49. The first-order valence-corrected chi connectivity index (χ1v) is 7.54. The van der Waals surface area contributed by atoms with E-state index in [1.807, 2.05) is 30.3 Å². The molecule has 0 saturated carbocycles. The second-order valence-electron chi connectivity index (χ2n) is 5.63. The minimum absolute atomic E-state index is 0.0628. The standard InChI is InChI=1S/C18H19F3N2O/c1-12(14-8-5-9-15(10-14)18(19,20)21)23-17(24)11-16(22)13-6-3-2-4-7-13/h2-10,12,16H,11,22H2,1H3,(H,23,24). The Kier molecular flexibility index (Phi) is 5.62. The number of amides is 1. The summed E-state index contributed by atoms with van der Waals surface area (Å²) >= 11 is 0. The minimum atomic E-state index is -4.41. The number of nitrogens with one attached hydrogen (secondary N) is 1. The Morgan fingerprint density at radius 3 is 2.33 bits per heavy atom. The van der Waals surface area contributed by atoms with Gasteiger partial charge in [0.15, 0.2) is 0 Å². The van der Waals surface area contributed by atoms with Crippen molar-refractivity contribution in [1.82, 2.24) is 5.32 Å². The largest absolute Gasteiger partial charge is 0.416 e. The maximum Gasteiger partial charge on any atom is 0.416 e. The Balaban J connectivity index is 1.99. The number of benzene rings is 2. The van der Waals surface area contributed by atoms with Gasteiger partial charge in [-0.05, 0) is 30.2 Å². The van der Waals surface area contributed by atoms with E-state index < -0.39 is 23.8 Å². The normalized spacial score (nSPS) is 14.0. The topological polar surface area (TPSA) is 55.1 Å². The van der Waals surface area contributed by atoms with E-state index in [2.05, 4.69) is 5.32 Å². The molecule has 2 aromatic rings. The van der Waals surface area contributed by atoms with Crippen LogP contribution in [-0.2, 0) is 11.0 Å². The number of carbonyl (C=O) groups is 1. The zero-order valence-corrected chi connectivity index (χ0v) is 13.2. The Bertz CT molecular complexity index is 686. The monoisotopic (exact) mass is 336 g/mol. The summed E-state index contributed by atoms with van der Waals surface area (Å²) in [6.45, 7) is 1.64. The van der Waals surface area contributed by atoms with Crippen LogP contribution in [0.2, 0.25) is 0 Å². The van der Waals surface area contributed by atoms with Gasteiger partial charge in [0.2, 0.25) is 5.91 Å². The van der Waals surface area contributed by atoms with Gasteiger partial charge >= 0.3 is 6.18 Å². The van der Waals surface area contributed by atoms with Gasteiger partial charge in [0, 0.05) is 12.5 Å². The van der Waals surface area contributed by atoms with Gasteiger partial charge < -0.3 is 11.1 Å². The second-order valence-corrected chi connectivity index (χ2v) is 5.63. The van der Waals surface area contributed by atoms with E-state index in [1.54, 1.807) is 13.0 Å². The maximum absolute atomic E-state index is 12.7. The molecule has 24 heavy (non-hydrogen) atoms. The van der Waals surface area contributed by atoms with Crippen LogP contribution in [0.25, 0.3) is 0 Å². The van der Waals surface area contributed by atoms with Crippen molar-refractivity contribution >= 4 is 5.91 Å². The number of alkyl halides is 3. The van der Waals surface area contributed by atoms with Gasteiger partial charge in [-0.2, -0.15) is 13.2 Å². The van der Waals surface area contributed by atoms with Gasteiger partial charge in [-0.3, -0.25) is 4.79 Å². The molecular formula is C18H19F3N2O. The maximum atomic E-state index is 12.7. The zero-order valence-electron chi connectivity index (χ0n) is 13.2. The lowest BCUT2D eigenvalue weighted by molar-refractivity contribution is -0.137. The molecule has 2 unspecified atom stereocenters. The van der Waals surface area contributed by atoms with Crippen LogP contribution in [0, 0.1) is 0 Å². The fourth-order valence-corrected chi connectivity index (χ4v) is 2.39. The van der Waals surface area contributed by atoms with Gasteiger partial charge in [0.25, 0.3) is 0 Å². The zero-order chi connectivity index (χ0) is 17.7. The van der Waals surface area contributed by atoms with Crippen LogP contribution < -0.4 is 11.1 Å². The summed E-state index contributed by atoms with van der Waals surface area (Å²) < 4.78 is 38.2. The van der Waals surface area contributed by atoms with Crippen molar-refractivity contribution in [3.05, 3.63) is 71.3 Å². The van der Waals surface area contributed by atoms with E-state index in [0.717, 1.165) is 17.7 Å². The molecule has 0 saturated heterocycles. The summed E-state index contributed by atoms with van der Waals surface area (Å²) in [6.07, 6.45) is -4.34. The molecule has 0 radical (unpaired) electrons. The molecule has 3 N–H and O–H groups in total. The van der Waals surface area contributed by atoms with E-state index in [4.69, 9.17) is 5.73 Å². The lowest BCUT2D eigenvalue weighted by atomic mass is 10.0. The number of carbonyl (C=O) groups excluding carboxylic acids is 1. The molecular weight excluding hydrogens is 317 g/mol. The van der Waals surface area contributed by atoms with Crippen LogP contribution in [-0.4, -0.2) is 5.91 Å². The van der Waals surface area contributed by atoms with E-state index in [-0.39, 0.29) is 12.3 Å². The Morgan fingerprint density at radius 1 is 1.08 bits per heavy atom. The number of halogens is 3. The fourth-order valence-electron chi connectivity index (χ4n) is 2.39. The van der Waals surface area contributed by atoms with E-state index in [9.17, 15) is 18.0 Å². The fraction of sp³-hybridized carbons (Fsp3) is 0.278. The average molecular weight is 336 g/mol. The van der Waals surface area contributed by atoms with Crippen molar-refractivity contribution in [2.24, 2.45) is 5.73 Å². The molecule has 0 fully saturated rings. The van der Waals surface area contributed by atoms with Crippen molar-refractivity contribution in [1.29, 1.82) is 0 Å².